The van der Waals surface area contributed by atoms with Crippen molar-refractivity contribution in [1.82, 2.24) is 30.1 Å². The van der Waals surface area contributed by atoms with Gasteiger partial charge in [0.2, 0.25) is 0 Å². The molecule has 0 aliphatic carbocycles. The summed E-state index contributed by atoms with van der Waals surface area (Å²) < 4.78 is 31.5. The quantitative estimate of drug-likeness (QED) is 0.304. The predicted octanol–water partition coefficient (Wildman–Crippen LogP) is 3.14. The first-order valence-electron chi connectivity index (χ1n) is 12.8. The van der Waals surface area contributed by atoms with Crippen molar-refractivity contribution < 1.29 is 23.4 Å². The number of carbonyl (C=O) groups excluding carboxylic acids is 1. The van der Waals surface area contributed by atoms with Crippen LogP contribution in [0.2, 0.25) is 0 Å². The third kappa shape index (κ3) is 5.90. The van der Waals surface area contributed by atoms with E-state index in [-0.39, 0.29) is 37.1 Å². The lowest BCUT2D eigenvalue weighted by molar-refractivity contribution is -0.144. The van der Waals surface area contributed by atoms with Crippen molar-refractivity contribution in [3.05, 3.63) is 75.6 Å². The number of ether oxygens (including phenoxy) is 3. The zero-order valence-electron chi connectivity index (χ0n) is 21.7. The lowest BCUT2D eigenvalue weighted by Crippen LogP contribution is -2.33. The Labute approximate surface area is 223 Å². The average Bonchev–Trinajstić information content (AvgIpc) is 3.37. The van der Waals surface area contributed by atoms with E-state index in [1.54, 1.807) is 25.1 Å². The molecule has 4 aromatic rings. The number of tetrazole rings is 1. The molecule has 5 rings (SSSR count). The van der Waals surface area contributed by atoms with E-state index in [0.717, 1.165) is 10.9 Å². The van der Waals surface area contributed by atoms with Gasteiger partial charge in [0.25, 0.3) is 5.56 Å². The number of fused-ring (bicyclic) bond motifs is 2. The lowest BCUT2D eigenvalue weighted by Gasteiger charge is -2.30. The second-order valence-corrected chi connectivity index (χ2v) is 9.16. The van der Waals surface area contributed by atoms with Crippen LogP contribution in [-0.2, 0) is 29.2 Å². The van der Waals surface area contributed by atoms with Gasteiger partial charge in [0.15, 0.2) is 17.3 Å². The normalized spacial score (nSPS) is 13.5. The van der Waals surface area contributed by atoms with Gasteiger partial charge in [-0.1, -0.05) is 19.1 Å². The van der Waals surface area contributed by atoms with E-state index < -0.39 is 5.97 Å². The molecule has 0 fully saturated rings. The van der Waals surface area contributed by atoms with Gasteiger partial charge in [0.1, 0.15) is 25.6 Å². The van der Waals surface area contributed by atoms with Crippen molar-refractivity contribution in [2.45, 2.75) is 45.9 Å². The van der Waals surface area contributed by atoms with E-state index in [0.29, 0.717) is 54.6 Å². The summed E-state index contributed by atoms with van der Waals surface area (Å²) in [5, 5.41) is 12.8. The molecule has 1 aliphatic rings. The molecule has 3 heterocycles. The molecule has 1 atom stereocenters. The minimum atomic E-state index is -0.452. The van der Waals surface area contributed by atoms with E-state index in [4.69, 9.17) is 14.2 Å². The van der Waals surface area contributed by atoms with E-state index >= 15 is 0 Å². The van der Waals surface area contributed by atoms with Crippen LogP contribution in [0.25, 0.3) is 10.9 Å². The second kappa shape index (κ2) is 11.6. The number of aromatic amines is 1. The highest BCUT2D eigenvalue weighted by atomic mass is 19.1. The Morgan fingerprint density at radius 1 is 1.13 bits per heavy atom. The second-order valence-electron chi connectivity index (χ2n) is 9.16. The fraction of sp³-hybridized carbons (Fsp3) is 0.370. The fourth-order valence-electron chi connectivity index (χ4n) is 4.72. The highest BCUT2D eigenvalue weighted by molar-refractivity contribution is 5.83. The summed E-state index contributed by atoms with van der Waals surface area (Å²) in [6.07, 6.45) is 0.578. The van der Waals surface area contributed by atoms with Crippen LogP contribution in [0.3, 0.4) is 0 Å². The number of aromatic nitrogens is 5. The highest BCUT2D eigenvalue weighted by Crippen LogP contribution is 2.34. The lowest BCUT2D eigenvalue weighted by atomic mass is 10.1. The number of rotatable bonds is 10. The number of pyridine rings is 1. The fourth-order valence-corrected chi connectivity index (χ4v) is 4.72. The van der Waals surface area contributed by atoms with E-state index in [1.807, 2.05) is 24.0 Å². The van der Waals surface area contributed by atoms with Crippen molar-refractivity contribution in [1.29, 1.82) is 0 Å². The minimum Gasteiger partial charge on any atom is -0.486 e. The van der Waals surface area contributed by atoms with Gasteiger partial charge in [0, 0.05) is 30.1 Å². The Balaban J connectivity index is 1.51. The maximum Gasteiger partial charge on any atom is 0.327 e. The highest BCUT2D eigenvalue weighted by Gasteiger charge is 2.27. The molecule has 12 heteroatoms. The summed E-state index contributed by atoms with van der Waals surface area (Å²) in [6.45, 7) is 5.33. The van der Waals surface area contributed by atoms with Crippen molar-refractivity contribution in [3.63, 3.8) is 0 Å². The molecule has 0 radical (unpaired) electrons. The van der Waals surface area contributed by atoms with Crippen molar-refractivity contribution in [2.24, 2.45) is 0 Å². The number of halogens is 1. The van der Waals surface area contributed by atoms with E-state index in [9.17, 15) is 14.0 Å². The molecule has 39 heavy (non-hydrogen) atoms. The van der Waals surface area contributed by atoms with E-state index in [1.165, 1.54) is 16.8 Å². The number of nitrogens with one attached hydrogen (secondary N) is 1. The van der Waals surface area contributed by atoms with Crippen LogP contribution in [0, 0.1) is 5.82 Å². The zero-order valence-corrected chi connectivity index (χ0v) is 21.7. The SMILES string of the molecule is CCOC(=O)Cn1nnnc1[C@@H](CC)N(Cc1ccc(F)cc1)Cc1cc2cc3c(cc2[nH]c1=O)OCCO3. The molecule has 0 amide bonds. The molecule has 2 aromatic heterocycles. The molecule has 2 aromatic carbocycles. The first-order chi connectivity index (χ1) is 18.9. The van der Waals surface area contributed by atoms with Gasteiger partial charge in [-0.3, -0.25) is 14.5 Å². The van der Waals surface area contributed by atoms with Crippen LogP contribution in [0.5, 0.6) is 11.5 Å². The number of benzene rings is 2. The largest absolute Gasteiger partial charge is 0.486 e. The van der Waals surface area contributed by atoms with Crippen LogP contribution in [0.4, 0.5) is 4.39 Å². The molecule has 0 unspecified atom stereocenters. The number of H-pyrrole nitrogens is 1. The third-order valence-corrected chi connectivity index (χ3v) is 6.53. The molecule has 0 spiro atoms. The first-order valence-corrected chi connectivity index (χ1v) is 12.8. The van der Waals surface area contributed by atoms with Gasteiger partial charge in [-0.15, -0.1) is 5.10 Å². The molecule has 0 bridgehead atoms. The van der Waals surface area contributed by atoms with Gasteiger partial charge in [-0.05, 0) is 53.6 Å². The molecule has 1 aliphatic heterocycles. The summed E-state index contributed by atoms with van der Waals surface area (Å²) in [5.74, 6) is 0.890. The molecule has 0 saturated carbocycles. The van der Waals surface area contributed by atoms with Gasteiger partial charge < -0.3 is 19.2 Å². The number of nitrogens with zero attached hydrogens (tertiary/aromatic N) is 5. The van der Waals surface area contributed by atoms with Crippen LogP contribution < -0.4 is 15.0 Å². The summed E-state index contributed by atoms with van der Waals surface area (Å²) in [7, 11) is 0. The van der Waals surface area contributed by atoms with Gasteiger partial charge in [-0.25, -0.2) is 9.07 Å². The van der Waals surface area contributed by atoms with Gasteiger partial charge >= 0.3 is 5.97 Å². The van der Waals surface area contributed by atoms with Crippen molar-refractivity contribution in [2.75, 3.05) is 19.8 Å². The van der Waals surface area contributed by atoms with Crippen LogP contribution in [-0.4, -0.2) is 55.9 Å². The molecular formula is C27H29FN6O5. The molecule has 1 N–H and O–H groups in total. The third-order valence-electron chi connectivity index (χ3n) is 6.53. The zero-order chi connectivity index (χ0) is 27.4. The van der Waals surface area contributed by atoms with Crippen molar-refractivity contribution in [3.8, 4) is 11.5 Å². The molecule has 204 valence electrons. The maximum atomic E-state index is 13.6. The summed E-state index contributed by atoms with van der Waals surface area (Å²) in [6, 6.07) is 11.3. The molecular weight excluding hydrogens is 507 g/mol. The van der Waals surface area contributed by atoms with Gasteiger partial charge in [0.05, 0.1) is 18.2 Å². The maximum absolute atomic E-state index is 13.6. The standard InChI is InChI=1S/C27H29FN6O5/c1-3-22(26-30-31-32-34(26)16-25(35)37-4-2)33(14-17-5-7-20(28)8-6-17)15-19-11-18-12-23-24(39-10-9-38-23)13-21(18)29-27(19)36/h5-8,11-13,22H,3-4,9-10,14-16H2,1-2H3,(H,29,36)/t22-/m1/s1. The summed E-state index contributed by atoms with van der Waals surface area (Å²) >= 11 is 0. The number of hydrogen-bond acceptors (Lipinski definition) is 9. The first kappa shape index (κ1) is 26.3. The Morgan fingerprint density at radius 2 is 1.87 bits per heavy atom. The molecule has 0 saturated heterocycles. The van der Waals surface area contributed by atoms with Crippen LogP contribution >= 0.6 is 0 Å². The Morgan fingerprint density at radius 3 is 2.59 bits per heavy atom. The minimum absolute atomic E-state index is 0.138. The predicted molar refractivity (Wildman–Crippen MR) is 139 cm³/mol. The van der Waals surface area contributed by atoms with Gasteiger partial charge in [-0.2, -0.15) is 0 Å². The number of carbonyl (C=O) groups is 1. The van der Waals surface area contributed by atoms with Crippen molar-refractivity contribution >= 4 is 16.9 Å². The van der Waals surface area contributed by atoms with Crippen LogP contribution in [0.1, 0.15) is 43.3 Å². The average molecular weight is 537 g/mol. The number of hydrogen-bond donors (Lipinski definition) is 1. The summed E-state index contributed by atoms with van der Waals surface area (Å²) in [5.41, 5.74) is 1.76. The monoisotopic (exact) mass is 536 g/mol. The smallest absolute Gasteiger partial charge is 0.327 e. The van der Waals surface area contributed by atoms with E-state index in [2.05, 4.69) is 20.5 Å². The Hall–Kier alpha value is -4.32. The summed E-state index contributed by atoms with van der Waals surface area (Å²) in [4.78, 5) is 30.4. The molecule has 11 nitrogen and oxygen atoms in total. The topological polar surface area (TPSA) is 124 Å². The number of esters is 1. The Bertz CT molecular complexity index is 1520. The Kier molecular flexibility index (Phi) is 7.82. The van der Waals surface area contributed by atoms with Crippen LogP contribution in [0.15, 0.2) is 47.3 Å².